The van der Waals surface area contributed by atoms with E-state index in [1.165, 1.54) is 31.2 Å². The van der Waals surface area contributed by atoms with Gasteiger partial charge in [0.15, 0.2) is 5.65 Å². The molecule has 90 valence electrons. The van der Waals surface area contributed by atoms with E-state index in [0.29, 0.717) is 6.04 Å². The molecule has 2 aromatic rings. The van der Waals surface area contributed by atoms with Crippen molar-refractivity contribution in [2.24, 2.45) is 0 Å². The van der Waals surface area contributed by atoms with Crippen LogP contribution in [0.1, 0.15) is 37.3 Å². The van der Waals surface area contributed by atoms with E-state index in [2.05, 4.69) is 26.1 Å². The molecule has 0 aromatic carbocycles. The minimum Gasteiger partial charge on any atom is -0.316 e. The lowest BCUT2D eigenvalue weighted by atomic mass is 10.2. The highest BCUT2D eigenvalue weighted by atomic mass is 15.3. The number of rotatable bonds is 3. The van der Waals surface area contributed by atoms with E-state index < -0.39 is 0 Å². The lowest BCUT2D eigenvalue weighted by Gasteiger charge is -2.10. The molecule has 4 heteroatoms. The Balaban J connectivity index is 1.98. The summed E-state index contributed by atoms with van der Waals surface area (Å²) in [6, 6.07) is 2.74. The molecule has 0 amide bonds. The topological polar surface area (TPSA) is 42.7 Å². The third-order valence-corrected chi connectivity index (χ3v) is 3.54. The third kappa shape index (κ3) is 1.93. The fourth-order valence-electron chi connectivity index (χ4n) is 2.70. The summed E-state index contributed by atoms with van der Waals surface area (Å²) in [5, 5.41) is 8.81. The fraction of sp³-hybridized carbons (Fsp3) is 0.538. The van der Waals surface area contributed by atoms with Crippen molar-refractivity contribution < 1.29 is 0 Å². The summed E-state index contributed by atoms with van der Waals surface area (Å²) in [7, 11) is 1.95. The Hall–Kier alpha value is -1.42. The number of nitrogens with one attached hydrogen (secondary N) is 1. The van der Waals surface area contributed by atoms with Crippen LogP contribution in [0.5, 0.6) is 0 Å². The minimum atomic E-state index is 0.565. The van der Waals surface area contributed by atoms with Crippen LogP contribution in [-0.2, 0) is 6.54 Å². The standard InChI is InChI=1S/C13H18N4/c1-14-7-10-6-11-9-16-17(13(11)15-8-10)12-4-2-3-5-12/h6,8-9,12,14H,2-5,7H2,1H3. The summed E-state index contributed by atoms with van der Waals surface area (Å²) in [5.74, 6) is 0. The van der Waals surface area contributed by atoms with Crippen LogP contribution in [0.15, 0.2) is 18.5 Å². The second-order valence-electron chi connectivity index (χ2n) is 4.81. The van der Waals surface area contributed by atoms with Crippen LogP contribution in [-0.4, -0.2) is 21.8 Å². The first-order valence-electron chi connectivity index (χ1n) is 6.35. The second-order valence-corrected chi connectivity index (χ2v) is 4.81. The Morgan fingerprint density at radius 1 is 1.35 bits per heavy atom. The molecule has 0 unspecified atom stereocenters. The third-order valence-electron chi connectivity index (χ3n) is 3.54. The Kier molecular flexibility index (Phi) is 2.81. The molecular formula is C13H18N4. The van der Waals surface area contributed by atoms with Crippen molar-refractivity contribution >= 4 is 11.0 Å². The zero-order valence-corrected chi connectivity index (χ0v) is 10.2. The molecule has 17 heavy (non-hydrogen) atoms. The van der Waals surface area contributed by atoms with E-state index in [-0.39, 0.29) is 0 Å². The van der Waals surface area contributed by atoms with Gasteiger partial charge in [0.2, 0.25) is 0 Å². The monoisotopic (exact) mass is 230 g/mol. The van der Waals surface area contributed by atoms with Gasteiger partial charge >= 0.3 is 0 Å². The van der Waals surface area contributed by atoms with Gasteiger partial charge in [-0.2, -0.15) is 5.10 Å². The molecule has 1 N–H and O–H groups in total. The maximum absolute atomic E-state index is 4.56. The highest BCUT2D eigenvalue weighted by molar-refractivity contribution is 5.75. The summed E-state index contributed by atoms with van der Waals surface area (Å²) in [6.07, 6.45) is 9.03. The number of pyridine rings is 1. The largest absolute Gasteiger partial charge is 0.316 e. The molecule has 1 aliphatic carbocycles. The Morgan fingerprint density at radius 3 is 2.94 bits per heavy atom. The van der Waals surface area contributed by atoms with Gasteiger partial charge in [0, 0.05) is 18.1 Å². The number of nitrogens with zero attached hydrogens (tertiary/aromatic N) is 3. The number of hydrogen-bond acceptors (Lipinski definition) is 3. The molecule has 1 aliphatic rings. The van der Waals surface area contributed by atoms with Crippen molar-refractivity contribution in [1.29, 1.82) is 0 Å². The molecule has 2 aromatic heterocycles. The zero-order chi connectivity index (χ0) is 11.7. The summed E-state index contributed by atoms with van der Waals surface area (Å²) in [4.78, 5) is 4.56. The molecule has 4 nitrogen and oxygen atoms in total. The van der Waals surface area contributed by atoms with Gasteiger partial charge < -0.3 is 5.32 Å². The van der Waals surface area contributed by atoms with E-state index in [4.69, 9.17) is 0 Å². The van der Waals surface area contributed by atoms with Crippen molar-refractivity contribution in [3.63, 3.8) is 0 Å². The van der Waals surface area contributed by atoms with Crippen LogP contribution in [0.25, 0.3) is 11.0 Å². The number of hydrogen-bond donors (Lipinski definition) is 1. The van der Waals surface area contributed by atoms with Crippen molar-refractivity contribution in [1.82, 2.24) is 20.1 Å². The van der Waals surface area contributed by atoms with Gasteiger partial charge in [-0.3, -0.25) is 0 Å². The molecular weight excluding hydrogens is 212 g/mol. The van der Waals surface area contributed by atoms with Gasteiger partial charge in [0.05, 0.1) is 12.2 Å². The van der Waals surface area contributed by atoms with Crippen LogP contribution >= 0.6 is 0 Å². The molecule has 3 rings (SSSR count). The fourth-order valence-corrected chi connectivity index (χ4v) is 2.70. The summed E-state index contributed by atoms with van der Waals surface area (Å²) < 4.78 is 2.12. The molecule has 0 radical (unpaired) electrons. The molecule has 0 bridgehead atoms. The van der Waals surface area contributed by atoms with Gasteiger partial charge in [-0.05, 0) is 31.5 Å². The first kappa shape index (κ1) is 10.7. The average molecular weight is 230 g/mol. The van der Waals surface area contributed by atoms with Crippen LogP contribution in [0.3, 0.4) is 0 Å². The molecule has 1 fully saturated rings. The van der Waals surface area contributed by atoms with Crippen LogP contribution in [0.2, 0.25) is 0 Å². The van der Waals surface area contributed by atoms with Gasteiger partial charge in [-0.25, -0.2) is 9.67 Å². The second kappa shape index (κ2) is 4.45. The Labute approximate surface area is 101 Å². The van der Waals surface area contributed by atoms with E-state index in [0.717, 1.165) is 17.6 Å². The van der Waals surface area contributed by atoms with Crippen LogP contribution < -0.4 is 5.32 Å². The van der Waals surface area contributed by atoms with Crippen molar-refractivity contribution in [3.05, 3.63) is 24.0 Å². The van der Waals surface area contributed by atoms with Crippen LogP contribution in [0.4, 0.5) is 0 Å². The van der Waals surface area contributed by atoms with Gasteiger partial charge in [0.1, 0.15) is 0 Å². The molecule has 0 atom stereocenters. The maximum Gasteiger partial charge on any atom is 0.157 e. The van der Waals surface area contributed by atoms with Crippen molar-refractivity contribution in [2.45, 2.75) is 38.3 Å². The number of aromatic nitrogens is 3. The minimum absolute atomic E-state index is 0.565. The van der Waals surface area contributed by atoms with Gasteiger partial charge in [-0.15, -0.1) is 0 Å². The Bertz CT molecular complexity index is 511. The summed E-state index contributed by atoms with van der Waals surface area (Å²) in [6.45, 7) is 0.859. The number of fused-ring (bicyclic) bond motifs is 1. The lowest BCUT2D eigenvalue weighted by molar-refractivity contribution is 0.478. The van der Waals surface area contributed by atoms with E-state index in [1.54, 1.807) is 0 Å². The Morgan fingerprint density at radius 2 is 2.18 bits per heavy atom. The normalized spacial score (nSPS) is 17.0. The molecule has 1 saturated carbocycles. The van der Waals surface area contributed by atoms with Crippen molar-refractivity contribution in [2.75, 3.05) is 7.05 Å². The molecule has 2 heterocycles. The smallest absolute Gasteiger partial charge is 0.157 e. The maximum atomic E-state index is 4.56. The van der Waals surface area contributed by atoms with Gasteiger partial charge in [-0.1, -0.05) is 12.8 Å². The average Bonchev–Trinajstić information content (AvgIpc) is 2.96. The predicted molar refractivity (Wildman–Crippen MR) is 67.8 cm³/mol. The first-order valence-corrected chi connectivity index (χ1v) is 6.35. The summed E-state index contributed by atoms with van der Waals surface area (Å²) in [5.41, 5.74) is 2.25. The predicted octanol–water partition coefficient (Wildman–Crippen LogP) is 2.27. The molecule has 0 spiro atoms. The molecule has 0 aliphatic heterocycles. The van der Waals surface area contributed by atoms with E-state index in [1.807, 2.05) is 19.4 Å². The quantitative estimate of drug-likeness (QED) is 0.879. The van der Waals surface area contributed by atoms with E-state index in [9.17, 15) is 0 Å². The lowest BCUT2D eigenvalue weighted by Crippen LogP contribution is -2.08. The summed E-state index contributed by atoms with van der Waals surface area (Å²) >= 11 is 0. The molecule has 0 saturated heterocycles. The highest BCUT2D eigenvalue weighted by Gasteiger charge is 2.19. The van der Waals surface area contributed by atoms with Gasteiger partial charge in [0.25, 0.3) is 0 Å². The SMILES string of the molecule is CNCc1cnc2c(cnn2C2CCCC2)c1. The highest BCUT2D eigenvalue weighted by Crippen LogP contribution is 2.30. The zero-order valence-electron chi connectivity index (χ0n) is 10.2. The van der Waals surface area contributed by atoms with E-state index >= 15 is 0 Å². The van der Waals surface area contributed by atoms with Crippen molar-refractivity contribution in [3.8, 4) is 0 Å². The first-order chi connectivity index (χ1) is 8.38. The van der Waals surface area contributed by atoms with Crippen LogP contribution in [0, 0.1) is 0 Å².